The second-order valence-corrected chi connectivity index (χ2v) is 8.19. The van der Waals surface area contributed by atoms with E-state index in [0.29, 0.717) is 17.7 Å². The number of benzene rings is 1. The zero-order chi connectivity index (χ0) is 18.7. The van der Waals surface area contributed by atoms with E-state index in [1.807, 2.05) is 58.0 Å². The van der Waals surface area contributed by atoms with E-state index in [4.69, 9.17) is 4.42 Å². The summed E-state index contributed by atoms with van der Waals surface area (Å²) in [5.74, 6) is 0.457. The maximum Gasteiger partial charge on any atom is 0.277 e. The van der Waals surface area contributed by atoms with Gasteiger partial charge in [0.2, 0.25) is 5.91 Å². The number of thioether (sulfide) groups is 1. The Balaban J connectivity index is 1.72. The van der Waals surface area contributed by atoms with Crippen molar-refractivity contribution in [3.63, 3.8) is 0 Å². The van der Waals surface area contributed by atoms with Crippen LogP contribution in [-0.2, 0) is 4.79 Å². The minimum absolute atomic E-state index is 0.00765. The number of nitrogens with zero attached hydrogens (tertiary/aromatic N) is 4. The van der Waals surface area contributed by atoms with Crippen molar-refractivity contribution in [2.24, 2.45) is 0 Å². The van der Waals surface area contributed by atoms with Gasteiger partial charge in [0.05, 0.1) is 16.0 Å². The Morgan fingerprint density at radius 3 is 2.62 bits per heavy atom. The number of hydrogen-bond acceptors (Lipinski definition) is 7. The second-order valence-electron chi connectivity index (χ2n) is 5.70. The van der Waals surface area contributed by atoms with Crippen molar-refractivity contribution in [1.82, 2.24) is 15.2 Å². The molecule has 0 saturated heterocycles. The van der Waals surface area contributed by atoms with Crippen molar-refractivity contribution in [1.29, 1.82) is 0 Å². The molecule has 2 aromatic heterocycles. The number of aromatic nitrogens is 3. The van der Waals surface area contributed by atoms with E-state index >= 15 is 0 Å². The van der Waals surface area contributed by atoms with Gasteiger partial charge in [0, 0.05) is 12.2 Å². The molecular formula is C18H20N4O2S2. The monoisotopic (exact) mass is 388 g/mol. The number of para-hydroxylation sites is 1. The number of hydrogen-bond donors (Lipinski definition) is 0. The Kier molecular flexibility index (Phi) is 5.73. The van der Waals surface area contributed by atoms with Crippen LogP contribution in [0, 0.1) is 13.8 Å². The van der Waals surface area contributed by atoms with Gasteiger partial charge in [-0.2, -0.15) is 0 Å². The van der Waals surface area contributed by atoms with Gasteiger partial charge in [-0.3, -0.25) is 4.79 Å². The van der Waals surface area contributed by atoms with E-state index in [9.17, 15) is 4.79 Å². The predicted octanol–water partition coefficient (Wildman–Crippen LogP) is 4.34. The third kappa shape index (κ3) is 3.96. The first-order valence-corrected chi connectivity index (χ1v) is 10.00. The van der Waals surface area contributed by atoms with Crippen molar-refractivity contribution in [2.75, 3.05) is 11.4 Å². The minimum Gasteiger partial charge on any atom is -0.410 e. The number of amides is 1. The molecule has 1 atom stereocenters. The standard InChI is InChI=1S/C18H20N4O2S2/c1-5-22(14-9-7-6-8-10-14)17(23)12(3)25-18-21-20-16(24-18)15-11(2)19-13(4)26-15/h6-10,12H,5H2,1-4H3. The molecule has 8 heteroatoms. The Morgan fingerprint density at radius 1 is 1.27 bits per heavy atom. The van der Waals surface area contributed by atoms with E-state index in [0.717, 1.165) is 21.3 Å². The smallest absolute Gasteiger partial charge is 0.277 e. The quantitative estimate of drug-likeness (QED) is 0.585. The van der Waals surface area contributed by atoms with Gasteiger partial charge in [0.1, 0.15) is 4.88 Å². The molecular weight excluding hydrogens is 368 g/mol. The molecule has 0 spiro atoms. The molecule has 1 unspecified atom stereocenters. The van der Waals surface area contributed by atoms with Crippen LogP contribution in [0.4, 0.5) is 5.69 Å². The maximum atomic E-state index is 12.8. The first kappa shape index (κ1) is 18.6. The highest BCUT2D eigenvalue weighted by molar-refractivity contribution is 8.00. The highest BCUT2D eigenvalue weighted by atomic mass is 32.2. The number of anilines is 1. The Labute approximate surface area is 160 Å². The van der Waals surface area contributed by atoms with Crippen LogP contribution in [-0.4, -0.2) is 32.9 Å². The largest absolute Gasteiger partial charge is 0.410 e. The molecule has 3 aromatic rings. The van der Waals surface area contributed by atoms with Crippen molar-refractivity contribution < 1.29 is 9.21 Å². The molecule has 0 aliphatic heterocycles. The van der Waals surface area contributed by atoms with Crippen LogP contribution < -0.4 is 4.90 Å². The molecule has 26 heavy (non-hydrogen) atoms. The summed E-state index contributed by atoms with van der Waals surface area (Å²) in [5.41, 5.74) is 1.76. The fourth-order valence-corrected chi connectivity index (χ4v) is 4.16. The second kappa shape index (κ2) is 8.01. The summed E-state index contributed by atoms with van der Waals surface area (Å²) in [7, 11) is 0. The van der Waals surface area contributed by atoms with Crippen LogP contribution in [0.2, 0.25) is 0 Å². The molecule has 136 valence electrons. The predicted molar refractivity (Wildman–Crippen MR) is 105 cm³/mol. The number of carbonyl (C=O) groups excluding carboxylic acids is 1. The lowest BCUT2D eigenvalue weighted by atomic mass is 10.2. The molecule has 0 aliphatic carbocycles. The summed E-state index contributed by atoms with van der Waals surface area (Å²) < 4.78 is 5.74. The molecule has 3 rings (SSSR count). The van der Waals surface area contributed by atoms with E-state index in [1.54, 1.807) is 4.90 Å². The number of aryl methyl sites for hydroxylation is 2. The van der Waals surface area contributed by atoms with Gasteiger partial charge in [0.15, 0.2) is 0 Å². The van der Waals surface area contributed by atoms with Gasteiger partial charge in [-0.1, -0.05) is 30.0 Å². The molecule has 1 amide bonds. The van der Waals surface area contributed by atoms with Crippen molar-refractivity contribution in [3.05, 3.63) is 41.0 Å². The SMILES string of the molecule is CCN(C(=O)C(C)Sc1nnc(-c2sc(C)nc2C)o1)c1ccccc1. The molecule has 0 N–H and O–H groups in total. The summed E-state index contributed by atoms with van der Waals surface area (Å²) in [6.45, 7) is 8.27. The van der Waals surface area contributed by atoms with Crippen LogP contribution in [0.3, 0.4) is 0 Å². The number of rotatable bonds is 6. The van der Waals surface area contributed by atoms with Crippen LogP contribution in [0.1, 0.15) is 24.5 Å². The third-order valence-electron chi connectivity index (χ3n) is 3.78. The number of carbonyl (C=O) groups is 1. The first-order valence-electron chi connectivity index (χ1n) is 8.30. The van der Waals surface area contributed by atoms with E-state index in [2.05, 4.69) is 15.2 Å². The van der Waals surface area contributed by atoms with Crippen LogP contribution in [0.15, 0.2) is 40.0 Å². The fourth-order valence-electron chi connectivity index (χ4n) is 2.57. The topological polar surface area (TPSA) is 72.1 Å². The fraction of sp³-hybridized carbons (Fsp3) is 0.333. The molecule has 6 nitrogen and oxygen atoms in total. The zero-order valence-electron chi connectivity index (χ0n) is 15.1. The van der Waals surface area contributed by atoms with E-state index < -0.39 is 0 Å². The molecule has 0 fully saturated rings. The third-order valence-corrected chi connectivity index (χ3v) is 5.76. The lowest BCUT2D eigenvalue weighted by molar-refractivity contribution is -0.117. The van der Waals surface area contributed by atoms with Crippen molar-refractivity contribution in [2.45, 2.75) is 38.2 Å². The molecule has 1 aromatic carbocycles. The molecule has 0 bridgehead atoms. The van der Waals surface area contributed by atoms with Crippen LogP contribution in [0.25, 0.3) is 10.8 Å². The minimum atomic E-state index is -0.340. The Bertz CT molecular complexity index is 892. The van der Waals surface area contributed by atoms with Crippen LogP contribution >= 0.6 is 23.1 Å². The van der Waals surface area contributed by atoms with E-state index in [1.165, 1.54) is 23.1 Å². The van der Waals surface area contributed by atoms with Crippen molar-refractivity contribution >= 4 is 34.7 Å². The first-order chi connectivity index (χ1) is 12.5. The van der Waals surface area contributed by atoms with Crippen molar-refractivity contribution in [3.8, 4) is 10.8 Å². The summed E-state index contributed by atoms with van der Waals surface area (Å²) in [6.07, 6.45) is 0. The highest BCUT2D eigenvalue weighted by Gasteiger charge is 2.24. The average molecular weight is 389 g/mol. The maximum absolute atomic E-state index is 12.8. The normalized spacial score (nSPS) is 12.2. The van der Waals surface area contributed by atoms with Gasteiger partial charge in [0.25, 0.3) is 11.1 Å². The van der Waals surface area contributed by atoms with Gasteiger partial charge in [-0.25, -0.2) is 4.98 Å². The molecule has 0 radical (unpaired) electrons. The molecule has 0 saturated carbocycles. The van der Waals surface area contributed by atoms with Gasteiger partial charge in [-0.15, -0.1) is 21.5 Å². The summed E-state index contributed by atoms with van der Waals surface area (Å²) in [6, 6.07) is 9.64. The lowest BCUT2D eigenvalue weighted by Gasteiger charge is -2.23. The van der Waals surface area contributed by atoms with Gasteiger partial charge < -0.3 is 9.32 Å². The Hall–Kier alpha value is -2.19. The summed E-state index contributed by atoms with van der Waals surface area (Å²) in [4.78, 5) is 19.8. The van der Waals surface area contributed by atoms with Gasteiger partial charge in [-0.05, 0) is 39.8 Å². The lowest BCUT2D eigenvalue weighted by Crippen LogP contribution is -2.36. The Morgan fingerprint density at radius 2 is 2.00 bits per heavy atom. The number of thiazole rings is 1. The summed E-state index contributed by atoms with van der Waals surface area (Å²) in [5, 5.41) is 9.18. The zero-order valence-corrected chi connectivity index (χ0v) is 16.7. The van der Waals surface area contributed by atoms with Gasteiger partial charge >= 0.3 is 0 Å². The van der Waals surface area contributed by atoms with E-state index in [-0.39, 0.29) is 11.2 Å². The molecule has 0 aliphatic rings. The van der Waals surface area contributed by atoms with Crippen LogP contribution in [0.5, 0.6) is 0 Å². The average Bonchev–Trinajstić information content (AvgIpc) is 3.22. The highest BCUT2D eigenvalue weighted by Crippen LogP contribution is 2.32. The molecule has 2 heterocycles. The summed E-state index contributed by atoms with van der Waals surface area (Å²) >= 11 is 2.79.